The molecule has 1 aromatic rings. The summed E-state index contributed by atoms with van der Waals surface area (Å²) in [5.74, 6) is 2.48. The van der Waals surface area contributed by atoms with Crippen LogP contribution in [0.3, 0.4) is 0 Å². The maximum Gasteiger partial charge on any atom is 0.251 e. The van der Waals surface area contributed by atoms with E-state index < -0.39 is 10.0 Å². The molecule has 4 aliphatic carbocycles. The molecule has 0 aromatic heterocycles. The molecule has 0 spiro atoms. The molecule has 1 aromatic carbocycles. The van der Waals surface area contributed by atoms with Gasteiger partial charge >= 0.3 is 0 Å². The summed E-state index contributed by atoms with van der Waals surface area (Å²) in [5, 5.41) is 3.17. The fourth-order valence-electron chi connectivity index (χ4n) is 7.13. The first-order valence-corrected chi connectivity index (χ1v) is 13.2. The van der Waals surface area contributed by atoms with Crippen LogP contribution in [0.4, 0.5) is 0 Å². The van der Waals surface area contributed by atoms with Crippen LogP contribution in [0.1, 0.15) is 62.7 Å². The van der Waals surface area contributed by atoms with E-state index >= 15 is 0 Å². The second-order valence-corrected chi connectivity index (χ2v) is 12.6. The van der Waals surface area contributed by atoms with E-state index in [-0.39, 0.29) is 28.4 Å². The molecule has 6 rings (SSSR count). The molecule has 1 N–H and O–H groups in total. The lowest BCUT2D eigenvalue weighted by molar-refractivity contribution is -0.0503. The summed E-state index contributed by atoms with van der Waals surface area (Å²) in [6.45, 7) is 5.21. The van der Waals surface area contributed by atoms with Crippen molar-refractivity contribution in [1.82, 2.24) is 9.62 Å². The van der Waals surface area contributed by atoms with Crippen LogP contribution in [-0.4, -0.2) is 50.5 Å². The van der Waals surface area contributed by atoms with E-state index in [0.717, 1.165) is 24.3 Å². The Balaban J connectivity index is 1.23. The van der Waals surface area contributed by atoms with Gasteiger partial charge in [-0.1, -0.05) is 0 Å². The van der Waals surface area contributed by atoms with Gasteiger partial charge in [0.25, 0.3) is 5.91 Å². The van der Waals surface area contributed by atoms with Gasteiger partial charge in [-0.2, -0.15) is 4.31 Å². The zero-order chi connectivity index (χ0) is 21.8. The molecular formula is C24H34N2O4S. The van der Waals surface area contributed by atoms with Gasteiger partial charge in [0.2, 0.25) is 10.0 Å². The predicted molar refractivity (Wildman–Crippen MR) is 118 cm³/mol. The molecule has 4 bridgehead atoms. The van der Waals surface area contributed by atoms with Gasteiger partial charge in [-0.3, -0.25) is 4.79 Å². The van der Waals surface area contributed by atoms with Gasteiger partial charge in [-0.05, 0) is 99.8 Å². The first-order chi connectivity index (χ1) is 14.7. The number of rotatable bonds is 5. The van der Waals surface area contributed by atoms with E-state index in [2.05, 4.69) is 5.32 Å². The largest absolute Gasteiger partial charge is 0.373 e. The number of amides is 1. The number of ether oxygens (including phenoxy) is 1. The molecule has 1 aliphatic heterocycles. The number of morpholine rings is 1. The molecule has 1 saturated heterocycles. The highest BCUT2D eigenvalue weighted by Gasteiger charge is 2.50. The number of carbonyl (C=O) groups is 1. The highest BCUT2D eigenvalue weighted by atomic mass is 32.2. The third kappa shape index (κ3) is 4.16. The Morgan fingerprint density at radius 2 is 1.52 bits per heavy atom. The number of sulfonamides is 1. The lowest BCUT2D eigenvalue weighted by Gasteiger charge is -2.56. The Labute approximate surface area is 185 Å². The minimum atomic E-state index is -3.59. The Hall–Kier alpha value is -1.44. The maximum absolute atomic E-state index is 13.0. The highest BCUT2D eigenvalue weighted by molar-refractivity contribution is 7.89. The summed E-state index contributed by atoms with van der Waals surface area (Å²) in [5.41, 5.74) is 0.810. The number of hydrogen-bond acceptors (Lipinski definition) is 4. The lowest BCUT2D eigenvalue weighted by Crippen LogP contribution is -2.51. The quantitative estimate of drug-likeness (QED) is 0.752. The average Bonchev–Trinajstić information content (AvgIpc) is 2.70. The van der Waals surface area contributed by atoms with Crippen LogP contribution in [-0.2, 0) is 14.8 Å². The Kier molecular flexibility index (Phi) is 5.42. The minimum Gasteiger partial charge on any atom is -0.373 e. The van der Waals surface area contributed by atoms with Crippen LogP contribution in [0.15, 0.2) is 29.2 Å². The van der Waals surface area contributed by atoms with Crippen molar-refractivity contribution < 1.29 is 17.9 Å². The molecule has 31 heavy (non-hydrogen) atoms. The van der Waals surface area contributed by atoms with E-state index in [9.17, 15) is 13.2 Å². The number of carbonyl (C=O) groups excluding carboxylic acids is 1. The highest BCUT2D eigenvalue weighted by Crippen LogP contribution is 2.59. The van der Waals surface area contributed by atoms with Gasteiger partial charge in [-0.25, -0.2) is 8.42 Å². The number of nitrogens with zero attached hydrogens (tertiary/aromatic N) is 1. The molecule has 1 heterocycles. The van der Waals surface area contributed by atoms with Crippen molar-refractivity contribution in [3.63, 3.8) is 0 Å². The van der Waals surface area contributed by atoms with Gasteiger partial charge in [-0.15, -0.1) is 0 Å². The van der Waals surface area contributed by atoms with Crippen LogP contribution in [0.25, 0.3) is 0 Å². The fraction of sp³-hybridized carbons (Fsp3) is 0.708. The predicted octanol–water partition coefficient (Wildman–Crippen LogP) is 3.43. The topological polar surface area (TPSA) is 75.7 Å². The third-order valence-corrected chi connectivity index (χ3v) is 9.78. The standard InChI is InChI=1S/C24H34N2O4S/c1-16-13-26(14-17(2)30-16)31(28,29)22-5-3-21(4-6-22)23(27)25-15-24-10-18-7-19(11-24)9-20(8-18)12-24/h3-6,16-20H,7-15H2,1-2H3,(H,25,27). The molecule has 6 nitrogen and oxygen atoms in total. The molecule has 170 valence electrons. The van der Waals surface area contributed by atoms with Gasteiger partial charge < -0.3 is 10.1 Å². The van der Waals surface area contributed by atoms with Crippen LogP contribution in [0, 0.1) is 23.2 Å². The summed E-state index contributed by atoms with van der Waals surface area (Å²) in [6, 6.07) is 6.38. The van der Waals surface area contributed by atoms with Crippen molar-refractivity contribution in [1.29, 1.82) is 0 Å². The Morgan fingerprint density at radius 3 is 2.03 bits per heavy atom. The molecule has 1 amide bonds. The second-order valence-electron chi connectivity index (χ2n) is 10.7. The summed E-state index contributed by atoms with van der Waals surface area (Å²) in [6.07, 6.45) is 7.69. The Morgan fingerprint density at radius 1 is 1.00 bits per heavy atom. The summed E-state index contributed by atoms with van der Waals surface area (Å²) in [4.78, 5) is 13.0. The summed E-state index contributed by atoms with van der Waals surface area (Å²) < 4.78 is 33.2. The van der Waals surface area contributed by atoms with Crippen molar-refractivity contribution >= 4 is 15.9 Å². The van der Waals surface area contributed by atoms with E-state index in [4.69, 9.17) is 4.74 Å². The van der Waals surface area contributed by atoms with E-state index in [0.29, 0.717) is 18.7 Å². The van der Waals surface area contributed by atoms with Crippen molar-refractivity contribution in [2.45, 2.75) is 69.5 Å². The molecular weight excluding hydrogens is 412 g/mol. The summed E-state index contributed by atoms with van der Waals surface area (Å²) in [7, 11) is -3.59. The van der Waals surface area contributed by atoms with Crippen molar-refractivity contribution in [3.05, 3.63) is 29.8 Å². The van der Waals surface area contributed by atoms with E-state index in [1.807, 2.05) is 13.8 Å². The monoisotopic (exact) mass is 446 g/mol. The Bertz CT molecular complexity index is 898. The lowest BCUT2D eigenvalue weighted by atomic mass is 9.49. The third-order valence-electron chi connectivity index (χ3n) is 7.93. The number of nitrogens with one attached hydrogen (secondary N) is 1. The number of hydrogen-bond donors (Lipinski definition) is 1. The van der Waals surface area contributed by atoms with Gasteiger partial charge in [0, 0.05) is 25.2 Å². The molecule has 2 atom stereocenters. The first-order valence-electron chi connectivity index (χ1n) is 11.8. The molecule has 0 radical (unpaired) electrons. The first kappa shape index (κ1) is 21.4. The van der Waals surface area contributed by atoms with Crippen LogP contribution in [0.2, 0.25) is 0 Å². The molecule has 5 fully saturated rings. The normalized spacial score (nSPS) is 37.7. The zero-order valence-corrected chi connectivity index (χ0v) is 19.4. The van der Waals surface area contributed by atoms with Crippen molar-refractivity contribution in [2.75, 3.05) is 19.6 Å². The molecule has 7 heteroatoms. The van der Waals surface area contributed by atoms with Crippen molar-refractivity contribution in [3.8, 4) is 0 Å². The molecule has 4 saturated carbocycles. The van der Waals surface area contributed by atoms with Crippen LogP contribution in [0.5, 0.6) is 0 Å². The zero-order valence-electron chi connectivity index (χ0n) is 18.5. The van der Waals surface area contributed by atoms with Crippen LogP contribution < -0.4 is 5.32 Å². The maximum atomic E-state index is 13.0. The second kappa shape index (κ2) is 7.85. The van der Waals surface area contributed by atoms with Gasteiger partial charge in [0.05, 0.1) is 17.1 Å². The van der Waals surface area contributed by atoms with Gasteiger partial charge in [0.15, 0.2) is 0 Å². The fourth-order valence-corrected chi connectivity index (χ4v) is 8.72. The SMILES string of the molecule is CC1CN(S(=O)(=O)c2ccc(C(=O)NCC34CC5CC(CC(C5)C3)C4)cc2)CC(C)O1. The van der Waals surface area contributed by atoms with Crippen molar-refractivity contribution in [2.24, 2.45) is 23.2 Å². The summed E-state index contributed by atoms with van der Waals surface area (Å²) >= 11 is 0. The average molecular weight is 447 g/mol. The molecule has 5 aliphatic rings. The number of benzene rings is 1. The van der Waals surface area contributed by atoms with E-state index in [1.54, 1.807) is 24.3 Å². The molecule has 2 unspecified atom stereocenters. The van der Waals surface area contributed by atoms with Gasteiger partial charge in [0.1, 0.15) is 0 Å². The smallest absolute Gasteiger partial charge is 0.251 e. The minimum absolute atomic E-state index is 0.103. The van der Waals surface area contributed by atoms with E-state index in [1.165, 1.54) is 42.8 Å². The van der Waals surface area contributed by atoms with Crippen LogP contribution >= 0.6 is 0 Å².